The number of nitrogen functional groups attached to an aromatic ring is 1. The number of anilines is 2. The summed E-state index contributed by atoms with van der Waals surface area (Å²) < 4.78 is 0. The molecular formula is C14H20N4OS. The Morgan fingerprint density at radius 1 is 1.60 bits per heavy atom. The molecule has 1 heterocycles. The topological polar surface area (TPSA) is 82.1 Å². The summed E-state index contributed by atoms with van der Waals surface area (Å²) in [6.45, 7) is 2.80. The molecule has 1 aliphatic carbocycles. The Morgan fingerprint density at radius 2 is 2.25 bits per heavy atom. The van der Waals surface area contributed by atoms with E-state index >= 15 is 0 Å². The lowest BCUT2D eigenvalue weighted by Gasteiger charge is -2.20. The first-order chi connectivity index (χ1) is 9.45. The van der Waals surface area contributed by atoms with E-state index in [1.165, 1.54) is 11.3 Å². The van der Waals surface area contributed by atoms with Crippen LogP contribution in [0.3, 0.4) is 0 Å². The van der Waals surface area contributed by atoms with Crippen LogP contribution < -0.4 is 11.1 Å². The predicted molar refractivity (Wildman–Crippen MR) is 82.1 cm³/mol. The van der Waals surface area contributed by atoms with E-state index in [1.54, 1.807) is 0 Å². The van der Waals surface area contributed by atoms with Crippen molar-refractivity contribution >= 4 is 27.8 Å². The summed E-state index contributed by atoms with van der Waals surface area (Å²) in [5.41, 5.74) is 6.71. The molecule has 5 nitrogen and oxygen atoms in total. The number of nitrogens with two attached hydrogens (primary N) is 1. The summed E-state index contributed by atoms with van der Waals surface area (Å²) in [7, 11) is 4.00. The van der Waals surface area contributed by atoms with E-state index < -0.39 is 0 Å². The van der Waals surface area contributed by atoms with Crippen LogP contribution in [0.15, 0.2) is 0 Å². The van der Waals surface area contributed by atoms with Gasteiger partial charge in [0, 0.05) is 18.5 Å². The Morgan fingerprint density at radius 3 is 2.75 bits per heavy atom. The van der Waals surface area contributed by atoms with E-state index in [-0.39, 0.29) is 11.7 Å². The van der Waals surface area contributed by atoms with Gasteiger partial charge in [0.05, 0.1) is 10.6 Å². The number of nitriles is 1. The largest absolute Gasteiger partial charge is 0.396 e. The fourth-order valence-corrected chi connectivity index (χ4v) is 2.91. The van der Waals surface area contributed by atoms with Crippen molar-refractivity contribution in [2.45, 2.75) is 25.8 Å². The molecule has 1 aromatic heterocycles. The molecule has 0 amide bonds. The number of nitrogens with one attached hydrogen (secondary N) is 1. The second-order valence-corrected chi connectivity index (χ2v) is 6.51. The number of likely N-dealkylation sites (N-methyl/N-ethyl adjacent to an activating group) is 1. The molecule has 1 fully saturated rings. The average molecular weight is 292 g/mol. The minimum absolute atomic E-state index is 0.0951. The monoisotopic (exact) mass is 292 g/mol. The molecule has 3 N–H and O–H groups in total. The van der Waals surface area contributed by atoms with Crippen LogP contribution in [0.4, 0.5) is 10.7 Å². The molecule has 1 aliphatic rings. The molecule has 0 spiro atoms. The molecule has 6 heteroatoms. The lowest BCUT2D eigenvalue weighted by molar-refractivity contribution is 0.0972. The van der Waals surface area contributed by atoms with Gasteiger partial charge in [-0.2, -0.15) is 5.26 Å². The maximum atomic E-state index is 12.1. The van der Waals surface area contributed by atoms with Crippen LogP contribution in [0.1, 0.15) is 35.0 Å². The Kier molecular flexibility index (Phi) is 4.31. The van der Waals surface area contributed by atoms with Gasteiger partial charge in [-0.15, -0.1) is 11.3 Å². The summed E-state index contributed by atoms with van der Waals surface area (Å²) in [5.74, 6) is 0.216. The fourth-order valence-electron chi connectivity index (χ4n) is 1.82. The third-order valence-electron chi connectivity index (χ3n) is 3.67. The van der Waals surface area contributed by atoms with Crippen molar-refractivity contribution in [1.82, 2.24) is 4.90 Å². The maximum Gasteiger partial charge on any atom is 0.178 e. The Labute approximate surface area is 123 Å². The van der Waals surface area contributed by atoms with Gasteiger partial charge in [0.1, 0.15) is 16.6 Å². The zero-order chi connectivity index (χ0) is 14.9. The minimum Gasteiger partial charge on any atom is -0.396 e. The Bertz CT molecular complexity index is 554. The van der Waals surface area contributed by atoms with Crippen LogP contribution in [0.25, 0.3) is 0 Å². The van der Waals surface area contributed by atoms with E-state index in [0.29, 0.717) is 33.7 Å². The van der Waals surface area contributed by atoms with Crippen molar-refractivity contribution in [2.75, 3.05) is 31.7 Å². The van der Waals surface area contributed by atoms with Crippen LogP contribution in [-0.2, 0) is 0 Å². The minimum atomic E-state index is 0.0951. The van der Waals surface area contributed by atoms with E-state index in [1.807, 2.05) is 14.1 Å². The third-order valence-corrected chi connectivity index (χ3v) is 4.85. The number of carbonyl (C=O) groups excluding carboxylic acids is 1. The smallest absolute Gasteiger partial charge is 0.178 e. The van der Waals surface area contributed by atoms with Gasteiger partial charge in [-0.1, -0.05) is 0 Å². The average Bonchev–Trinajstić information content (AvgIpc) is 3.20. The Balaban J connectivity index is 2.18. The van der Waals surface area contributed by atoms with E-state index in [2.05, 4.69) is 23.2 Å². The zero-order valence-corrected chi connectivity index (χ0v) is 12.9. The molecule has 1 aromatic rings. The van der Waals surface area contributed by atoms with E-state index in [0.717, 1.165) is 12.8 Å². The maximum absolute atomic E-state index is 12.1. The molecule has 108 valence electrons. The summed E-state index contributed by atoms with van der Waals surface area (Å²) in [6.07, 6.45) is 1.89. The molecule has 0 aromatic carbocycles. The summed E-state index contributed by atoms with van der Waals surface area (Å²) in [6, 6.07) is 2.43. The molecule has 1 saturated carbocycles. The summed E-state index contributed by atoms with van der Waals surface area (Å²) in [5, 5.41) is 13.2. The highest BCUT2D eigenvalue weighted by Crippen LogP contribution is 2.41. The van der Waals surface area contributed by atoms with Crippen LogP contribution in [0.5, 0.6) is 0 Å². The number of nitrogens with zero attached hydrogens (tertiary/aromatic N) is 2. The quantitative estimate of drug-likeness (QED) is 0.785. The van der Waals surface area contributed by atoms with Crippen LogP contribution >= 0.6 is 11.3 Å². The standard InChI is InChI=1S/C14H20N4OS/c1-8(18(2)3)7-17-14-10(6-15)11(16)13(20-14)12(19)9-4-5-9/h8-9,17H,4-5,7,16H2,1-3H3. The number of Topliss-reactive ketones (excluding diaryl/α,β-unsaturated/α-hetero) is 1. The van der Waals surface area contributed by atoms with Gasteiger partial charge in [0.15, 0.2) is 5.78 Å². The molecule has 0 bridgehead atoms. The van der Waals surface area contributed by atoms with Crippen LogP contribution in [-0.4, -0.2) is 37.4 Å². The van der Waals surface area contributed by atoms with Crippen LogP contribution in [0, 0.1) is 17.2 Å². The van der Waals surface area contributed by atoms with Gasteiger partial charge in [-0.3, -0.25) is 4.79 Å². The normalized spacial score (nSPS) is 15.9. The lowest BCUT2D eigenvalue weighted by Crippen LogP contribution is -2.31. The number of hydrogen-bond acceptors (Lipinski definition) is 6. The van der Waals surface area contributed by atoms with Gasteiger partial charge < -0.3 is 16.0 Å². The van der Waals surface area contributed by atoms with Gasteiger partial charge in [0.2, 0.25) is 0 Å². The number of rotatable bonds is 6. The first-order valence-electron chi connectivity index (χ1n) is 6.72. The summed E-state index contributed by atoms with van der Waals surface area (Å²) >= 11 is 1.31. The van der Waals surface area contributed by atoms with Crippen molar-refractivity contribution in [2.24, 2.45) is 5.92 Å². The number of thiophene rings is 1. The van der Waals surface area contributed by atoms with Gasteiger partial charge in [0.25, 0.3) is 0 Å². The van der Waals surface area contributed by atoms with Crippen molar-refractivity contribution < 1.29 is 4.79 Å². The highest BCUT2D eigenvalue weighted by molar-refractivity contribution is 7.19. The second kappa shape index (κ2) is 5.81. The molecule has 1 unspecified atom stereocenters. The highest BCUT2D eigenvalue weighted by Gasteiger charge is 2.34. The number of carbonyl (C=O) groups is 1. The van der Waals surface area contributed by atoms with Crippen molar-refractivity contribution in [3.63, 3.8) is 0 Å². The molecular weight excluding hydrogens is 272 g/mol. The van der Waals surface area contributed by atoms with E-state index in [9.17, 15) is 10.1 Å². The number of hydrogen-bond donors (Lipinski definition) is 2. The molecule has 0 saturated heterocycles. The van der Waals surface area contributed by atoms with Crippen molar-refractivity contribution in [1.29, 1.82) is 5.26 Å². The van der Waals surface area contributed by atoms with Crippen LogP contribution in [0.2, 0.25) is 0 Å². The van der Waals surface area contributed by atoms with Gasteiger partial charge in [-0.25, -0.2) is 0 Å². The molecule has 20 heavy (non-hydrogen) atoms. The van der Waals surface area contributed by atoms with Gasteiger partial charge >= 0.3 is 0 Å². The van der Waals surface area contributed by atoms with E-state index in [4.69, 9.17) is 5.73 Å². The van der Waals surface area contributed by atoms with Gasteiger partial charge in [-0.05, 0) is 33.9 Å². The zero-order valence-electron chi connectivity index (χ0n) is 12.1. The lowest BCUT2D eigenvalue weighted by atomic mass is 10.1. The van der Waals surface area contributed by atoms with Crippen molar-refractivity contribution in [3.05, 3.63) is 10.4 Å². The fraction of sp³-hybridized carbons (Fsp3) is 0.571. The predicted octanol–water partition coefficient (Wildman–Crippen LogP) is 2.16. The molecule has 0 aliphatic heterocycles. The second-order valence-electron chi connectivity index (χ2n) is 5.49. The third kappa shape index (κ3) is 2.94. The molecule has 0 radical (unpaired) electrons. The summed E-state index contributed by atoms with van der Waals surface area (Å²) in [4.78, 5) is 14.8. The molecule has 1 atom stereocenters. The Hall–Kier alpha value is -1.58. The first kappa shape index (κ1) is 14.8. The first-order valence-corrected chi connectivity index (χ1v) is 7.54. The van der Waals surface area contributed by atoms with Crippen molar-refractivity contribution in [3.8, 4) is 6.07 Å². The number of ketones is 1. The highest BCUT2D eigenvalue weighted by atomic mass is 32.1. The molecule has 2 rings (SSSR count). The SMILES string of the molecule is CC(CNc1sc(C(=O)C2CC2)c(N)c1C#N)N(C)C.